The van der Waals surface area contributed by atoms with Crippen LogP contribution in [0, 0.1) is 5.92 Å². The molecule has 0 rings (SSSR count). The van der Waals surface area contributed by atoms with E-state index < -0.39 is 6.23 Å². The third-order valence-electron chi connectivity index (χ3n) is 0.956. The summed E-state index contributed by atoms with van der Waals surface area (Å²) >= 11 is 0. The quantitative estimate of drug-likeness (QED) is 0.430. The SMILES string of the molecule is CC(CO)CC(N)O. The highest BCUT2D eigenvalue weighted by molar-refractivity contribution is 4.52. The molecule has 0 aliphatic rings. The fourth-order valence-corrected chi connectivity index (χ4v) is 0.487. The van der Waals surface area contributed by atoms with Gasteiger partial charge >= 0.3 is 0 Å². The molecule has 0 aromatic carbocycles. The lowest BCUT2D eigenvalue weighted by molar-refractivity contribution is 0.127. The van der Waals surface area contributed by atoms with Crippen molar-refractivity contribution in [2.24, 2.45) is 11.7 Å². The van der Waals surface area contributed by atoms with E-state index in [0.29, 0.717) is 6.42 Å². The van der Waals surface area contributed by atoms with Crippen molar-refractivity contribution in [3.8, 4) is 0 Å². The van der Waals surface area contributed by atoms with Gasteiger partial charge in [0.2, 0.25) is 0 Å². The molecular formula is C5H13NO2. The van der Waals surface area contributed by atoms with Crippen LogP contribution >= 0.6 is 0 Å². The number of hydrogen-bond donors (Lipinski definition) is 3. The Morgan fingerprint density at radius 3 is 2.25 bits per heavy atom. The summed E-state index contributed by atoms with van der Waals surface area (Å²) in [5, 5.41) is 16.9. The monoisotopic (exact) mass is 119 g/mol. The van der Waals surface area contributed by atoms with E-state index in [0.717, 1.165) is 0 Å². The van der Waals surface area contributed by atoms with Crippen LogP contribution in [0.5, 0.6) is 0 Å². The Labute approximate surface area is 49.1 Å². The van der Waals surface area contributed by atoms with Crippen LogP contribution in [0.2, 0.25) is 0 Å². The fourth-order valence-electron chi connectivity index (χ4n) is 0.487. The van der Waals surface area contributed by atoms with Crippen molar-refractivity contribution in [2.45, 2.75) is 19.6 Å². The third-order valence-corrected chi connectivity index (χ3v) is 0.956. The van der Waals surface area contributed by atoms with Crippen LogP contribution in [0.25, 0.3) is 0 Å². The van der Waals surface area contributed by atoms with Crippen molar-refractivity contribution in [1.29, 1.82) is 0 Å². The molecule has 0 aliphatic heterocycles. The number of aliphatic hydroxyl groups is 2. The number of rotatable bonds is 3. The van der Waals surface area contributed by atoms with Gasteiger partial charge in [0.15, 0.2) is 0 Å². The van der Waals surface area contributed by atoms with Gasteiger partial charge in [-0.05, 0) is 12.3 Å². The van der Waals surface area contributed by atoms with Crippen LogP contribution < -0.4 is 5.73 Å². The van der Waals surface area contributed by atoms with E-state index in [1.165, 1.54) is 0 Å². The normalized spacial score (nSPS) is 18.0. The van der Waals surface area contributed by atoms with Crippen LogP contribution in [0.1, 0.15) is 13.3 Å². The second-order valence-electron chi connectivity index (χ2n) is 2.09. The summed E-state index contributed by atoms with van der Waals surface area (Å²) in [7, 11) is 0. The molecule has 0 saturated heterocycles. The standard InChI is InChI=1S/C5H13NO2/c1-4(3-7)2-5(6)8/h4-5,7-8H,2-3,6H2,1H3. The van der Waals surface area contributed by atoms with Gasteiger partial charge in [0, 0.05) is 6.61 Å². The molecule has 0 heterocycles. The molecule has 4 N–H and O–H groups in total. The van der Waals surface area contributed by atoms with Gasteiger partial charge in [0.25, 0.3) is 0 Å². The smallest absolute Gasteiger partial charge is 0.102 e. The Bertz CT molecular complexity index is 56.4. The molecular weight excluding hydrogens is 106 g/mol. The predicted molar refractivity (Wildman–Crippen MR) is 31.1 cm³/mol. The van der Waals surface area contributed by atoms with Gasteiger partial charge < -0.3 is 15.9 Å². The minimum atomic E-state index is -0.780. The highest BCUT2D eigenvalue weighted by atomic mass is 16.3. The zero-order chi connectivity index (χ0) is 6.57. The summed E-state index contributed by atoms with van der Waals surface area (Å²) in [6.07, 6.45) is -0.312. The molecule has 0 saturated carbocycles. The molecule has 2 atom stereocenters. The highest BCUT2D eigenvalue weighted by Crippen LogP contribution is 1.99. The van der Waals surface area contributed by atoms with Crippen LogP contribution in [0.4, 0.5) is 0 Å². The lowest BCUT2D eigenvalue weighted by Gasteiger charge is -2.08. The van der Waals surface area contributed by atoms with Crippen LogP contribution in [0.15, 0.2) is 0 Å². The minimum absolute atomic E-state index is 0.0915. The molecule has 0 spiro atoms. The van der Waals surface area contributed by atoms with Crippen molar-refractivity contribution in [2.75, 3.05) is 6.61 Å². The maximum absolute atomic E-state index is 8.52. The summed E-state index contributed by atoms with van der Waals surface area (Å²) in [6, 6.07) is 0. The lowest BCUT2D eigenvalue weighted by Crippen LogP contribution is -2.22. The van der Waals surface area contributed by atoms with E-state index in [-0.39, 0.29) is 12.5 Å². The first kappa shape index (κ1) is 7.88. The first-order chi connectivity index (χ1) is 3.66. The number of nitrogens with two attached hydrogens (primary N) is 1. The first-order valence-corrected chi connectivity index (χ1v) is 2.71. The fraction of sp³-hybridized carbons (Fsp3) is 1.00. The predicted octanol–water partition coefficient (Wildman–Crippen LogP) is -0.718. The van der Waals surface area contributed by atoms with Gasteiger partial charge in [-0.2, -0.15) is 0 Å². The molecule has 50 valence electrons. The minimum Gasteiger partial charge on any atom is -0.396 e. The Hall–Kier alpha value is -0.120. The van der Waals surface area contributed by atoms with Gasteiger partial charge in [-0.15, -0.1) is 0 Å². The number of aliphatic hydroxyl groups excluding tert-OH is 2. The van der Waals surface area contributed by atoms with Crippen molar-refractivity contribution in [3.63, 3.8) is 0 Å². The van der Waals surface area contributed by atoms with E-state index in [4.69, 9.17) is 15.9 Å². The van der Waals surface area contributed by atoms with Gasteiger partial charge in [-0.25, -0.2) is 0 Å². The highest BCUT2D eigenvalue weighted by Gasteiger charge is 2.02. The average molecular weight is 119 g/mol. The first-order valence-electron chi connectivity index (χ1n) is 2.71. The summed E-state index contributed by atoms with van der Waals surface area (Å²) in [5.41, 5.74) is 5.01. The number of hydrogen-bond acceptors (Lipinski definition) is 3. The molecule has 3 heteroatoms. The van der Waals surface area contributed by atoms with Crippen molar-refractivity contribution < 1.29 is 10.2 Å². The Morgan fingerprint density at radius 2 is 2.12 bits per heavy atom. The average Bonchev–Trinajstić information content (AvgIpc) is 1.65. The molecule has 0 amide bonds. The molecule has 2 unspecified atom stereocenters. The van der Waals surface area contributed by atoms with Gasteiger partial charge in [-0.1, -0.05) is 6.92 Å². The topological polar surface area (TPSA) is 66.5 Å². The zero-order valence-electron chi connectivity index (χ0n) is 5.04. The van der Waals surface area contributed by atoms with E-state index in [2.05, 4.69) is 0 Å². The lowest BCUT2D eigenvalue weighted by atomic mass is 10.1. The Balaban J connectivity index is 3.10. The van der Waals surface area contributed by atoms with Crippen molar-refractivity contribution in [1.82, 2.24) is 0 Å². The van der Waals surface area contributed by atoms with Gasteiger partial charge in [0.1, 0.15) is 6.23 Å². The summed E-state index contributed by atoms with van der Waals surface area (Å²) in [6.45, 7) is 1.92. The Kier molecular flexibility index (Phi) is 3.77. The zero-order valence-corrected chi connectivity index (χ0v) is 5.04. The largest absolute Gasteiger partial charge is 0.396 e. The summed E-state index contributed by atoms with van der Waals surface area (Å²) in [4.78, 5) is 0. The molecule has 0 aromatic rings. The van der Waals surface area contributed by atoms with Crippen molar-refractivity contribution >= 4 is 0 Å². The molecule has 0 bridgehead atoms. The Morgan fingerprint density at radius 1 is 1.62 bits per heavy atom. The van der Waals surface area contributed by atoms with E-state index in [1.807, 2.05) is 6.92 Å². The maximum Gasteiger partial charge on any atom is 0.102 e. The van der Waals surface area contributed by atoms with Crippen LogP contribution in [-0.4, -0.2) is 23.0 Å². The van der Waals surface area contributed by atoms with Crippen LogP contribution in [-0.2, 0) is 0 Å². The van der Waals surface area contributed by atoms with Gasteiger partial charge in [-0.3, -0.25) is 0 Å². The second kappa shape index (κ2) is 3.83. The molecule has 8 heavy (non-hydrogen) atoms. The summed E-state index contributed by atoms with van der Waals surface area (Å²) in [5.74, 6) is 0.106. The molecule has 0 aromatic heterocycles. The van der Waals surface area contributed by atoms with E-state index >= 15 is 0 Å². The van der Waals surface area contributed by atoms with Crippen LogP contribution in [0.3, 0.4) is 0 Å². The molecule has 0 radical (unpaired) electrons. The molecule has 0 aliphatic carbocycles. The summed E-state index contributed by atoms with van der Waals surface area (Å²) < 4.78 is 0. The maximum atomic E-state index is 8.52. The van der Waals surface area contributed by atoms with Gasteiger partial charge in [0.05, 0.1) is 0 Å². The van der Waals surface area contributed by atoms with E-state index in [1.54, 1.807) is 0 Å². The molecule has 0 fully saturated rings. The third kappa shape index (κ3) is 4.05. The van der Waals surface area contributed by atoms with Crippen molar-refractivity contribution in [3.05, 3.63) is 0 Å². The second-order valence-corrected chi connectivity index (χ2v) is 2.09. The molecule has 3 nitrogen and oxygen atoms in total. The van der Waals surface area contributed by atoms with E-state index in [9.17, 15) is 0 Å².